The van der Waals surface area contributed by atoms with Crippen molar-refractivity contribution in [1.82, 2.24) is 4.90 Å². The second kappa shape index (κ2) is 6.61. The summed E-state index contributed by atoms with van der Waals surface area (Å²) < 4.78 is 18.8. The first-order chi connectivity index (χ1) is 8.54. The van der Waals surface area contributed by atoms with Gasteiger partial charge in [0.2, 0.25) is 5.91 Å². The van der Waals surface area contributed by atoms with Crippen LogP contribution in [0.4, 0.5) is 10.1 Å². The highest BCUT2D eigenvalue weighted by Crippen LogP contribution is 2.22. The van der Waals surface area contributed by atoms with Gasteiger partial charge in [0.05, 0.1) is 6.54 Å². The lowest BCUT2D eigenvalue weighted by molar-refractivity contribution is -0.131. The van der Waals surface area contributed by atoms with E-state index in [-0.39, 0.29) is 24.4 Å². The predicted octanol–water partition coefficient (Wildman–Crippen LogP) is 2.22. The normalized spacial score (nSPS) is 18.6. The molecule has 0 saturated carbocycles. The summed E-state index contributed by atoms with van der Waals surface area (Å²) in [7, 11) is 0. The summed E-state index contributed by atoms with van der Waals surface area (Å²) in [5.74, 6) is 0.0502. The maximum absolute atomic E-state index is 13.2. The number of rotatable bonds is 2. The maximum Gasteiger partial charge on any atom is 0.219 e. The van der Waals surface area contributed by atoms with E-state index in [1.165, 1.54) is 12.1 Å². The van der Waals surface area contributed by atoms with Crippen molar-refractivity contribution in [1.29, 1.82) is 0 Å². The molecule has 1 aliphatic heterocycles. The zero-order chi connectivity index (χ0) is 13.1. The van der Waals surface area contributed by atoms with Gasteiger partial charge in [0.1, 0.15) is 17.7 Å². The van der Waals surface area contributed by atoms with Crippen LogP contribution >= 0.6 is 12.4 Å². The van der Waals surface area contributed by atoms with Crippen LogP contribution in [0.3, 0.4) is 0 Å². The van der Waals surface area contributed by atoms with Gasteiger partial charge in [-0.15, -0.1) is 12.4 Å². The van der Waals surface area contributed by atoms with E-state index in [1.807, 2.05) is 0 Å². The molecule has 0 spiro atoms. The summed E-state index contributed by atoms with van der Waals surface area (Å²) in [6.45, 7) is 2.86. The fourth-order valence-corrected chi connectivity index (χ4v) is 2.17. The Bertz CT molecular complexity index is 436. The van der Waals surface area contributed by atoms with Crippen molar-refractivity contribution < 1.29 is 13.9 Å². The molecule has 0 aromatic heterocycles. The van der Waals surface area contributed by atoms with E-state index in [0.29, 0.717) is 18.0 Å². The first-order valence-electron chi connectivity index (χ1n) is 6.03. The third-order valence-corrected chi connectivity index (χ3v) is 3.02. The average Bonchev–Trinajstić information content (AvgIpc) is 2.27. The number of hydrogen-bond acceptors (Lipinski definition) is 3. The van der Waals surface area contributed by atoms with Crippen LogP contribution < -0.4 is 10.5 Å². The molecule has 4 nitrogen and oxygen atoms in total. The quantitative estimate of drug-likeness (QED) is 0.849. The summed E-state index contributed by atoms with van der Waals surface area (Å²) in [4.78, 5) is 13.0. The van der Waals surface area contributed by atoms with Crippen molar-refractivity contribution in [2.45, 2.75) is 25.9 Å². The second-order valence-corrected chi connectivity index (χ2v) is 4.57. The minimum Gasteiger partial charge on any atom is -0.488 e. The van der Waals surface area contributed by atoms with Gasteiger partial charge in [-0.1, -0.05) is 0 Å². The molecule has 1 heterocycles. The SMILES string of the molecule is CC(=O)N1CCC[C@@H](Oc2cc(N)cc(F)c2)C1.Cl. The number of ether oxygens (including phenoxy) is 1. The lowest BCUT2D eigenvalue weighted by atomic mass is 10.1. The summed E-state index contributed by atoms with van der Waals surface area (Å²) >= 11 is 0. The number of anilines is 1. The van der Waals surface area contributed by atoms with Crippen molar-refractivity contribution in [3.05, 3.63) is 24.0 Å². The van der Waals surface area contributed by atoms with Gasteiger partial charge in [0.25, 0.3) is 0 Å². The molecule has 1 aliphatic rings. The van der Waals surface area contributed by atoms with Crippen LogP contribution in [-0.4, -0.2) is 30.0 Å². The fourth-order valence-electron chi connectivity index (χ4n) is 2.17. The minimum absolute atomic E-state index is 0. The lowest BCUT2D eigenvalue weighted by Crippen LogP contribution is -2.43. The fraction of sp³-hybridized carbons (Fsp3) is 0.462. The van der Waals surface area contributed by atoms with Gasteiger partial charge in [-0.25, -0.2) is 4.39 Å². The van der Waals surface area contributed by atoms with Crippen molar-refractivity contribution in [3.8, 4) is 5.75 Å². The van der Waals surface area contributed by atoms with E-state index in [0.717, 1.165) is 19.4 Å². The van der Waals surface area contributed by atoms with Gasteiger partial charge >= 0.3 is 0 Å². The third kappa shape index (κ3) is 4.28. The Morgan fingerprint density at radius 2 is 2.21 bits per heavy atom. The summed E-state index contributed by atoms with van der Waals surface area (Å²) in [5.41, 5.74) is 5.89. The Morgan fingerprint density at radius 3 is 2.84 bits per heavy atom. The molecule has 2 N–H and O–H groups in total. The molecule has 1 atom stereocenters. The van der Waals surface area contributed by atoms with E-state index >= 15 is 0 Å². The number of nitrogen functional groups attached to an aromatic ring is 1. The minimum atomic E-state index is -0.413. The Kier molecular flexibility index (Phi) is 5.42. The monoisotopic (exact) mass is 288 g/mol. The summed E-state index contributed by atoms with van der Waals surface area (Å²) in [6, 6.07) is 4.15. The Morgan fingerprint density at radius 1 is 1.47 bits per heavy atom. The van der Waals surface area contributed by atoms with Gasteiger partial charge in [0.15, 0.2) is 0 Å². The van der Waals surface area contributed by atoms with E-state index in [2.05, 4.69) is 0 Å². The average molecular weight is 289 g/mol. The number of carbonyl (C=O) groups is 1. The number of amides is 1. The van der Waals surface area contributed by atoms with Gasteiger partial charge in [-0.2, -0.15) is 0 Å². The molecule has 1 aromatic carbocycles. The van der Waals surface area contributed by atoms with Crippen LogP contribution in [0.2, 0.25) is 0 Å². The smallest absolute Gasteiger partial charge is 0.219 e. The zero-order valence-electron chi connectivity index (χ0n) is 10.8. The molecular formula is C13H18ClFN2O2. The van der Waals surface area contributed by atoms with Crippen molar-refractivity contribution in [2.24, 2.45) is 0 Å². The van der Waals surface area contributed by atoms with E-state index in [4.69, 9.17) is 10.5 Å². The maximum atomic E-state index is 13.2. The van der Waals surface area contributed by atoms with Crippen molar-refractivity contribution in [3.63, 3.8) is 0 Å². The molecule has 6 heteroatoms. The van der Waals surface area contributed by atoms with Crippen molar-refractivity contribution in [2.75, 3.05) is 18.8 Å². The molecule has 0 bridgehead atoms. The molecular weight excluding hydrogens is 271 g/mol. The zero-order valence-corrected chi connectivity index (χ0v) is 11.6. The molecule has 1 saturated heterocycles. The molecule has 0 unspecified atom stereocenters. The van der Waals surface area contributed by atoms with Crippen LogP contribution in [0, 0.1) is 5.82 Å². The first kappa shape index (κ1) is 15.6. The van der Waals surface area contributed by atoms with E-state index in [9.17, 15) is 9.18 Å². The number of nitrogens with zero attached hydrogens (tertiary/aromatic N) is 1. The molecule has 1 aromatic rings. The van der Waals surface area contributed by atoms with Crippen LogP contribution in [0.25, 0.3) is 0 Å². The number of halogens is 2. The lowest BCUT2D eigenvalue weighted by Gasteiger charge is -2.32. The van der Waals surface area contributed by atoms with Gasteiger partial charge in [-0.3, -0.25) is 4.79 Å². The highest BCUT2D eigenvalue weighted by atomic mass is 35.5. The summed E-state index contributed by atoms with van der Waals surface area (Å²) in [5, 5.41) is 0. The second-order valence-electron chi connectivity index (χ2n) is 4.57. The number of likely N-dealkylation sites (tertiary alicyclic amines) is 1. The molecule has 2 rings (SSSR count). The number of carbonyl (C=O) groups excluding carboxylic acids is 1. The Balaban J connectivity index is 0.00000180. The highest BCUT2D eigenvalue weighted by Gasteiger charge is 2.22. The van der Waals surface area contributed by atoms with Crippen molar-refractivity contribution >= 4 is 24.0 Å². The van der Waals surface area contributed by atoms with E-state index in [1.54, 1.807) is 17.9 Å². The van der Waals surface area contributed by atoms with Crippen LogP contribution in [0.15, 0.2) is 18.2 Å². The number of hydrogen-bond donors (Lipinski definition) is 1. The Labute approximate surface area is 118 Å². The predicted molar refractivity (Wildman–Crippen MR) is 74.0 cm³/mol. The third-order valence-electron chi connectivity index (χ3n) is 3.02. The highest BCUT2D eigenvalue weighted by molar-refractivity contribution is 5.85. The largest absolute Gasteiger partial charge is 0.488 e. The van der Waals surface area contributed by atoms with Crippen LogP contribution in [0.5, 0.6) is 5.75 Å². The summed E-state index contributed by atoms with van der Waals surface area (Å²) in [6.07, 6.45) is 1.67. The van der Waals surface area contributed by atoms with Gasteiger partial charge in [-0.05, 0) is 18.9 Å². The molecule has 1 fully saturated rings. The molecule has 19 heavy (non-hydrogen) atoms. The molecule has 106 valence electrons. The molecule has 0 radical (unpaired) electrons. The topological polar surface area (TPSA) is 55.6 Å². The molecule has 1 amide bonds. The number of nitrogens with two attached hydrogens (primary N) is 1. The van der Waals surface area contributed by atoms with Gasteiger partial charge < -0.3 is 15.4 Å². The molecule has 0 aliphatic carbocycles. The number of piperidine rings is 1. The van der Waals surface area contributed by atoms with Crippen LogP contribution in [0.1, 0.15) is 19.8 Å². The first-order valence-corrected chi connectivity index (χ1v) is 6.03. The number of benzene rings is 1. The van der Waals surface area contributed by atoms with Crippen LogP contribution in [-0.2, 0) is 4.79 Å². The standard InChI is InChI=1S/C13H17FN2O2.ClH/c1-9(17)16-4-2-3-12(8-16)18-13-6-10(14)5-11(15)7-13;/h5-7,12H,2-4,8,15H2,1H3;1H/t12-;/m1./s1. The Hall–Kier alpha value is -1.49. The van der Waals surface area contributed by atoms with Gasteiger partial charge in [0, 0.05) is 31.3 Å². The van der Waals surface area contributed by atoms with E-state index < -0.39 is 5.82 Å².